The van der Waals surface area contributed by atoms with Crippen LogP contribution in [0.4, 0.5) is 0 Å². The van der Waals surface area contributed by atoms with Gasteiger partial charge in [0.1, 0.15) is 5.82 Å². The second-order valence-corrected chi connectivity index (χ2v) is 5.83. The Balaban J connectivity index is 2.29. The zero-order chi connectivity index (χ0) is 16.7. The predicted molar refractivity (Wildman–Crippen MR) is 94.4 cm³/mol. The molecule has 1 heterocycles. The molecule has 0 saturated heterocycles. The number of unbranched alkanes of at least 4 members (excludes halogenated alkanes) is 4. The van der Waals surface area contributed by atoms with Gasteiger partial charge in [-0.1, -0.05) is 32.6 Å². The Kier molecular flexibility index (Phi) is 6.71. The summed E-state index contributed by atoms with van der Waals surface area (Å²) in [6, 6.07) is 3.97. The van der Waals surface area contributed by atoms with Gasteiger partial charge in [-0.3, -0.25) is 0 Å². The molecule has 0 fully saturated rings. The molecule has 23 heavy (non-hydrogen) atoms. The SMILES string of the molecule is CCCCCCCn1c(CCN)nc2cc(OC)c(OC)cc21. The van der Waals surface area contributed by atoms with Crippen LogP contribution in [0.3, 0.4) is 0 Å². The van der Waals surface area contributed by atoms with Crippen LogP contribution in [0.15, 0.2) is 12.1 Å². The van der Waals surface area contributed by atoms with Gasteiger partial charge in [0.2, 0.25) is 0 Å². The molecule has 0 aliphatic heterocycles. The van der Waals surface area contributed by atoms with E-state index in [1.54, 1.807) is 14.2 Å². The molecule has 5 nitrogen and oxygen atoms in total. The molecule has 0 unspecified atom stereocenters. The van der Waals surface area contributed by atoms with E-state index in [0.717, 1.165) is 42.0 Å². The van der Waals surface area contributed by atoms with E-state index in [9.17, 15) is 0 Å². The van der Waals surface area contributed by atoms with Crippen LogP contribution in [0.1, 0.15) is 44.9 Å². The van der Waals surface area contributed by atoms with E-state index in [0.29, 0.717) is 12.3 Å². The van der Waals surface area contributed by atoms with Crippen molar-refractivity contribution in [3.05, 3.63) is 18.0 Å². The molecule has 0 aliphatic rings. The lowest BCUT2D eigenvalue weighted by atomic mass is 10.1. The van der Waals surface area contributed by atoms with E-state index in [4.69, 9.17) is 20.2 Å². The summed E-state index contributed by atoms with van der Waals surface area (Å²) in [5, 5.41) is 0. The van der Waals surface area contributed by atoms with Crippen molar-refractivity contribution >= 4 is 11.0 Å². The van der Waals surface area contributed by atoms with Crippen molar-refractivity contribution in [1.29, 1.82) is 0 Å². The Bertz CT molecular complexity index is 622. The van der Waals surface area contributed by atoms with Crippen molar-refractivity contribution in [1.82, 2.24) is 9.55 Å². The summed E-state index contributed by atoms with van der Waals surface area (Å²) >= 11 is 0. The molecule has 1 aromatic heterocycles. The number of methoxy groups -OCH3 is 2. The molecular formula is C18H29N3O2. The fourth-order valence-corrected chi connectivity index (χ4v) is 2.94. The lowest BCUT2D eigenvalue weighted by molar-refractivity contribution is 0.355. The second kappa shape index (κ2) is 8.77. The summed E-state index contributed by atoms with van der Waals surface area (Å²) in [6.45, 7) is 3.82. The lowest BCUT2D eigenvalue weighted by Gasteiger charge is -2.11. The number of benzene rings is 1. The Labute approximate surface area is 138 Å². The van der Waals surface area contributed by atoms with Gasteiger partial charge in [-0.15, -0.1) is 0 Å². The smallest absolute Gasteiger partial charge is 0.163 e. The zero-order valence-electron chi connectivity index (χ0n) is 14.6. The number of ether oxygens (including phenoxy) is 2. The normalized spacial score (nSPS) is 11.1. The van der Waals surface area contributed by atoms with Crippen molar-refractivity contribution < 1.29 is 9.47 Å². The van der Waals surface area contributed by atoms with Crippen LogP contribution in [-0.4, -0.2) is 30.3 Å². The standard InChI is InChI=1S/C18H29N3O2/c1-4-5-6-7-8-11-21-15-13-17(23-3)16(22-2)12-14(15)20-18(21)9-10-19/h12-13H,4-11,19H2,1-3H3. The van der Waals surface area contributed by atoms with Crippen molar-refractivity contribution in [2.45, 2.75) is 52.0 Å². The van der Waals surface area contributed by atoms with Crippen molar-refractivity contribution in [2.24, 2.45) is 5.73 Å². The highest BCUT2D eigenvalue weighted by Crippen LogP contribution is 2.32. The molecule has 2 N–H and O–H groups in total. The van der Waals surface area contributed by atoms with E-state index in [2.05, 4.69) is 11.5 Å². The molecule has 0 saturated carbocycles. The molecule has 2 aromatic rings. The molecule has 0 amide bonds. The Hall–Kier alpha value is -1.75. The number of nitrogens with two attached hydrogens (primary N) is 1. The van der Waals surface area contributed by atoms with Gasteiger partial charge in [0, 0.05) is 25.1 Å². The van der Waals surface area contributed by atoms with E-state index >= 15 is 0 Å². The molecule has 1 aromatic carbocycles. The summed E-state index contributed by atoms with van der Waals surface area (Å²) in [6.07, 6.45) is 7.08. The topological polar surface area (TPSA) is 62.3 Å². The molecule has 0 bridgehead atoms. The van der Waals surface area contributed by atoms with Gasteiger partial charge in [-0.25, -0.2) is 4.98 Å². The molecule has 0 aliphatic carbocycles. The minimum Gasteiger partial charge on any atom is -0.493 e. The summed E-state index contributed by atoms with van der Waals surface area (Å²) in [5.41, 5.74) is 7.80. The molecular weight excluding hydrogens is 290 g/mol. The Morgan fingerprint density at radius 1 is 1.04 bits per heavy atom. The molecule has 2 rings (SSSR count). The number of aromatic nitrogens is 2. The third kappa shape index (κ3) is 4.16. The largest absolute Gasteiger partial charge is 0.493 e. The number of fused-ring (bicyclic) bond motifs is 1. The van der Waals surface area contributed by atoms with Gasteiger partial charge >= 0.3 is 0 Å². The molecule has 0 spiro atoms. The van der Waals surface area contributed by atoms with E-state index in [-0.39, 0.29) is 0 Å². The van der Waals surface area contributed by atoms with Gasteiger partial charge < -0.3 is 19.8 Å². The highest BCUT2D eigenvalue weighted by molar-refractivity contribution is 5.80. The van der Waals surface area contributed by atoms with Crippen molar-refractivity contribution in [2.75, 3.05) is 20.8 Å². The van der Waals surface area contributed by atoms with Crippen LogP contribution in [0.2, 0.25) is 0 Å². The molecule has 5 heteroatoms. The number of imidazole rings is 1. The molecule has 128 valence electrons. The fourth-order valence-electron chi connectivity index (χ4n) is 2.94. The Morgan fingerprint density at radius 2 is 1.74 bits per heavy atom. The minimum absolute atomic E-state index is 0.605. The third-order valence-electron chi connectivity index (χ3n) is 4.19. The quantitative estimate of drug-likeness (QED) is 0.681. The highest BCUT2D eigenvalue weighted by atomic mass is 16.5. The summed E-state index contributed by atoms with van der Waals surface area (Å²) in [5.74, 6) is 2.51. The third-order valence-corrected chi connectivity index (χ3v) is 4.19. The van der Waals surface area contributed by atoms with Crippen LogP contribution in [-0.2, 0) is 13.0 Å². The van der Waals surface area contributed by atoms with Crippen LogP contribution in [0.5, 0.6) is 11.5 Å². The number of hydrogen-bond donors (Lipinski definition) is 1. The number of nitrogens with zero attached hydrogens (tertiary/aromatic N) is 2. The van der Waals surface area contributed by atoms with Gasteiger partial charge in [0.15, 0.2) is 11.5 Å². The van der Waals surface area contributed by atoms with E-state index in [1.807, 2.05) is 12.1 Å². The first-order valence-corrected chi connectivity index (χ1v) is 8.56. The van der Waals surface area contributed by atoms with Crippen LogP contribution in [0.25, 0.3) is 11.0 Å². The van der Waals surface area contributed by atoms with Gasteiger partial charge in [0.25, 0.3) is 0 Å². The van der Waals surface area contributed by atoms with Crippen molar-refractivity contribution in [3.63, 3.8) is 0 Å². The predicted octanol–water partition coefficient (Wildman–Crippen LogP) is 3.53. The highest BCUT2D eigenvalue weighted by Gasteiger charge is 2.14. The number of hydrogen-bond acceptors (Lipinski definition) is 4. The average Bonchev–Trinajstić information content (AvgIpc) is 2.90. The van der Waals surface area contributed by atoms with Gasteiger partial charge in [-0.2, -0.15) is 0 Å². The zero-order valence-corrected chi connectivity index (χ0v) is 14.6. The first-order valence-electron chi connectivity index (χ1n) is 8.56. The van der Waals surface area contributed by atoms with Crippen LogP contribution < -0.4 is 15.2 Å². The maximum atomic E-state index is 5.76. The van der Waals surface area contributed by atoms with Crippen LogP contribution in [0, 0.1) is 0 Å². The summed E-state index contributed by atoms with van der Waals surface area (Å²) in [4.78, 5) is 4.75. The van der Waals surface area contributed by atoms with Crippen molar-refractivity contribution in [3.8, 4) is 11.5 Å². The first-order chi connectivity index (χ1) is 11.2. The van der Waals surface area contributed by atoms with Gasteiger partial charge in [0.05, 0.1) is 25.3 Å². The fraction of sp³-hybridized carbons (Fsp3) is 0.611. The molecule has 0 atom stereocenters. The number of rotatable bonds is 10. The van der Waals surface area contributed by atoms with Gasteiger partial charge in [-0.05, 0) is 13.0 Å². The monoisotopic (exact) mass is 319 g/mol. The molecule has 0 radical (unpaired) electrons. The van der Waals surface area contributed by atoms with E-state index in [1.165, 1.54) is 25.7 Å². The number of aryl methyl sites for hydroxylation is 1. The Morgan fingerprint density at radius 3 is 2.39 bits per heavy atom. The second-order valence-electron chi connectivity index (χ2n) is 5.83. The first kappa shape index (κ1) is 17.6. The minimum atomic E-state index is 0.605. The summed E-state index contributed by atoms with van der Waals surface area (Å²) < 4.78 is 13.1. The maximum Gasteiger partial charge on any atom is 0.163 e. The van der Waals surface area contributed by atoms with Crippen LogP contribution >= 0.6 is 0 Å². The average molecular weight is 319 g/mol. The summed E-state index contributed by atoms with van der Waals surface area (Å²) in [7, 11) is 3.31. The van der Waals surface area contributed by atoms with E-state index < -0.39 is 0 Å². The lowest BCUT2D eigenvalue weighted by Crippen LogP contribution is -2.10. The maximum absolute atomic E-state index is 5.76.